The van der Waals surface area contributed by atoms with Gasteiger partial charge in [0.2, 0.25) is 0 Å². The number of hydrogen-bond donors (Lipinski definition) is 2. The zero-order chi connectivity index (χ0) is 19.6. The molecule has 0 spiro atoms. The minimum Gasteiger partial charge on any atom is -0.304 e. The number of piperazine rings is 2. The zero-order valence-electron chi connectivity index (χ0n) is 19.0. The summed E-state index contributed by atoms with van der Waals surface area (Å²) in [6.45, 7) is 25.8. The normalized spacial score (nSPS) is 28.2. The van der Waals surface area contributed by atoms with Crippen LogP contribution in [0, 0.1) is 0 Å². The number of hydrogen-bond acceptors (Lipinski definition) is 4. The minimum absolute atomic E-state index is 0.226. The van der Waals surface area contributed by atoms with Gasteiger partial charge in [-0.25, -0.2) is 0 Å². The van der Waals surface area contributed by atoms with Gasteiger partial charge >= 0.3 is 0 Å². The third-order valence-corrected chi connectivity index (χ3v) is 5.53. The van der Waals surface area contributed by atoms with Gasteiger partial charge in [-0.15, -0.1) is 0 Å². The van der Waals surface area contributed by atoms with E-state index in [2.05, 4.69) is 75.8 Å². The molecule has 0 bridgehead atoms. The fourth-order valence-corrected chi connectivity index (χ4v) is 5.68. The van der Waals surface area contributed by atoms with E-state index >= 15 is 0 Å². The SMILES string of the molecule is CC1(C)CN(CCCCCCN2CC(C)(C)NC(C)(C)C2)CC(C)(C)N1. The lowest BCUT2D eigenvalue weighted by molar-refractivity contribution is 0.0737. The topological polar surface area (TPSA) is 30.5 Å². The first-order chi connectivity index (χ1) is 11.8. The van der Waals surface area contributed by atoms with Crippen LogP contribution in [0.4, 0.5) is 0 Å². The molecule has 2 rings (SSSR count). The van der Waals surface area contributed by atoms with Crippen LogP contribution in [-0.2, 0) is 0 Å². The van der Waals surface area contributed by atoms with E-state index in [0.717, 1.165) is 0 Å². The molecule has 2 saturated heterocycles. The van der Waals surface area contributed by atoms with E-state index in [1.165, 1.54) is 65.0 Å². The van der Waals surface area contributed by atoms with Gasteiger partial charge in [0, 0.05) is 48.3 Å². The Labute approximate surface area is 163 Å². The molecule has 2 fully saturated rings. The molecule has 0 aromatic carbocycles. The molecule has 2 N–H and O–H groups in total. The number of nitrogens with one attached hydrogen (secondary N) is 2. The van der Waals surface area contributed by atoms with E-state index in [1.807, 2.05) is 0 Å². The summed E-state index contributed by atoms with van der Waals surface area (Å²) in [5.74, 6) is 0. The highest BCUT2D eigenvalue weighted by molar-refractivity contribution is 4.98. The van der Waals surface area contributed by atoms with Crippen molar-refractivity contribution in [3.63, 3.8) is 0 Å². The summed E-state index contributed by atoms with van der Waals surface area (Å²) in [6.07, 6.45) is 5.41. The van der Waals surface area contributed by atoms with Gasteiger partial charge in [-0.2, -0.15) is 0 Å². The van der Waals surface area contributed by atoms with E-state index < -0.39 is 0 Å². The molecule has 0 aliphatic carbocycles. The Morgan fingerprint density at radius 1 is 0.500 bits per heavy atom. The first kappa shape index (κ1) is 22.1. The lowest BCUT2D eigenvalue weighted by atomic mass is 9.91. The van der Waals surface area contributed by atoms with Crippen molar-refractivity contribution in [2.75, 3.05) is 39.3 Å². The van der Waals surface area contributed by atoms with E-state index in [0.29, 0.717) is 0 Å². The number of nitrogens with zero attached hydrogens (tertiary/aromatic N) is 2. The van der Waals surface area contributed by atoms with Crippen LogP contribution < -0.4 is 10.6 Å². The Bertz CT molecular complexity index is 379. The van der Waals surface area contributed by atoms with Crippen LogP contribution in [0.1, 0.15) is 81.1 Å². The third-order valence-electron chi connectivity index (χ3n) is 5.53. The van der Waals surface area contributed by atoms with Crippen LogP contribution in [0.5, 0.6) is 0 Å². The standard InChI is InChI=1S/C22H46N4/c1-19(2)15-25(16-20(3,4)23-19)13-11-9-10-12-14-26-17-21(5,6)24-22(7,8)18-26/h23-24H,9-18H2,1-8H3. The van der Waals surface area contributed by atoms with E-state index in [9.17, 15) is 0 Å². The molecule has 2 aliphatic rings. The van der Waals surface area contributed by atoms with Crippen molar-refractivity contribution in [2.24, 2.45) is 0 Å². The monoisotopic (exact) mass is 366 g/mol. The van der Waals surface area contributed by atoms with Gasteiger partial charge in [-0.05, 0) is 81.3 Å². The molecule has 2 aliphatic heterocycles. The summed E-state index contributed by atoms with van der Waals surface area (Å²) in [7, 11) is 0. The van der Waals surface area contributed by atoms with Gasteiger partial charge in [0.25, 0.3) is 0 Å². The van der Waals surface area contributed by atoms with E-state index in [-0.39, 0.29) is 22.2 Å². The van der Waals surface area contributed by atoms with Crippen LogP contribution in [0.25, 0.3) is 0 Å². The summed E-state index contributed by atoms with van der Waals surface area (Å²) in [5, 5.41) is 7.54. The second-order valence-corrected chi connectivity index (χ2v) is 11.6. The maximum absolute atomic E-state index is 3.77. The van der Waals surface area contributed by atoms with Crippen LogP contribution in [0.3, 0.4) is 0 Å². The molecule has 2 heterocycles. The predicted octanol–water partition coefficient (Wildman–Crippen LogP) is 3.47. The smallest absolute Gasteiger partial charge is 0.0257 e. The molecule has 0 amide bonds. The average Bonchev–Trinajstić information content (AvgIpc) is 2.35. The van der Waals surface area contributed by atoms with Gasteiger partial charge < -0.3 is 10.6 Å². The van der Waals surface area contributed by atoms with Gasteiger partial charge in [-0.1, -0.05) is 12.8 Å². The molecule has 4 nitrogen and oxygen atoms in total. The molecule has 26 heavy (non-hydrogen) atoms. The van der Waals surface area contributed by atoms with Crippen molar-refractivity contribution in [1.82, 2.24) is 20.4 Å². The second kappa shape index (κ2) is 8.06. The van der Waals surface area contributed by atoms with Crippen LogP contribution in [0.2, 0.25) is 0 Å². The molecule has 0 aromatic heterocycles. The number of unbranched alkanes of at least 4 members (excludes halogenated alkanes) is 3. The maximum atomic E-state index is 3.77. The highest BCUT2D eigenvalue weighted by Crippen LogP contribution is 2.22. The minimum atomic E-state index is 0.226. The van der Waals surface area contributed by atoms with Crippen molar-refractivity contribution >= 4 is 0 Å². The van der Waals surface area contributed by atoms with Gasteiger partial charge in [0.1, 0.15) is 0 Å². The summed E-state index contributed by atoms with van der Waals surface area (Å²) in [4.78, 5) is 5.33. The first-order valence-electron chi connectivity index (χ1n) is 10.8. The van der Waals surface area contributed by atoms with Gasteiger partial charge in [-0.3, -0.25) is 9.80 Å². The number of rotatable bonds is 7. The van der Waals surface area contributed by atoms with E-state index in [4.69, 9.17) is 0 Å². The Morgan fingerprint density at radius 3 is 1.04 bits per heavy atom. The summed E-state index contributed by atoms with van der Waals surface area (Å²) < 4.78 is 0. The fraction of sp³-hybridized carbons (Fsp3) is 1.00. The van der Waals surface area contributed by atoms with Crippen molar-refractivity contribution in [3.8, 4) is 0 Å². The van der Waals surface area contributed by atoms with Crippen molar-refractivity contribution < 1.29 is 0 Å². The van der Waals surface area contributed by atoms with Crippen LogP contribution in [-0.4, -0.2) is 71.2 Å². The summed E-state index contributed by atoms with van der Waals surface area (Å²) in [5.41, 5.74) is 0.903. The third kappa shape index (κ3) is 7.46. The zero-order valence-corrected chi connectivity index (χ0v) is 19.0. The highest BCUT2D eigenvalue weighted by Gasteiger charge is 2.37. The molecule has 0 saturated carbocycles. The van der Waals surface area contributed by atoms with Gasteiger partial charge in [0.05, 0.1) is 0 Å². The second-order valence-electron chi connectivity index (χ2n) is 11.6. The quantitative estimate of drug-likeness (QED) is 0.676. The molecule has 154 valence electrons. The molecule has 0 unspecified atom stereocenters. The Hall–Kier alpha value is -0.160. The van der Waals surface area contributed by atoms with E-state index in [1.54, 1.807) is 0 Å². The van der Waals surface area contributed by atoms with Crippen LogP contribution >= 0.6 is 0 Å². The first-order valence-corrected chi connectivity index (χ1v) is 10.8. The molecular weight excluding hydrogens is 320 g/mol. The Kier molecular flexibility index (Phi) is 6.86. The summed E-state index contributed by atoms with van der Waals surface area (Å²) >= 11 is 0. The van der Waals surface area contributed by atoms with Crippen molar-refractivity contribution in [2.45, 2.75) is 103 Å². The maximum Gasteiger partial charge on any atom is 0.0257 e. The van der Waals surface area contributed by atoms with Crippen molar-refractivity contribution in [1.29, 1.82) is 0 Å². The largest absolute Gasteiger partial charge is 0.304 e. The molecule has 0 radical (unpaired) electrons. The highest BCUT2D eigenvalue weighted by atomic mass is 15.3. The molecule has 4 heteroatoms. The average molecular weight is 367 g/mol. The lowest BCUT2D eigenvalue weighted by Crippen LogP contribution is -2.66. The molecule has 0 aromatic rings. The predicted molar refractivity (Wildman–Crippen MR) is 114 cm³/mol. The van der Waals surface area contributed by atoms with Gasteiger partial charge in [0.15, 0.2) is 0 Å². The molecule has 0 atom stereocenters. The lowest BCUT2D eigenvalue weighted by Gasteiger charge is -2.48. The summed E-state index contributed by atoms with van der Waals surface area (Å²) in [6, 6.07) is 0. The fourth-order valence-electron chi connectivity index (χ4n) is 5.68. The van der Waals surface area contributed by atoms with Crippen LogP contribution in [0.15, 0.2) is 0 Å². The Morgan fingerprint density at radius 2 is 0.769 bits per heavy atom. The molecular formula is C22H46N4. The Balaban J connectivity index is 1.62. The van der Waals surface area contributed by atoms with Crippen molar-refractivity contribution in [3.05, 3.63) is 0 Å².